The molecule has 2 heterocycles. The normalized spacial score (nSPS) is 12.0. The van der Waals surface area contributed by atoms with Crippen molar-refractivity contribution in [3.63, 3.8) is 0 Å². The van der Waals surface area contributed by atoms with Gasteiger partial charge in [0, 0.05) is 43.7 Å². The predicted octanol–water partition coefficient (Wildman–Crippen LogP) is 12.4. The Balaban J connectivity index is 1.29. The van der Waals surface area contributed by atoms with E-state index in [1.54, 1.807) is 0 Å². The van der Waals surface area contributed by atoms with Crippen LogP contribution in [0.2, 0.25) is 0 Å². The summed E-state index contributed by atoms with van der Waals surface area (Å²) in [6, 6.07) is 53.7. The lowest BCUT2D eigenvalue weighted by molar-refractivity contribution is 0.669. The van der Waals surface area contributed by atoms with Gasteiger partial charge in [0.05, 0.1) is 5.69 Å². The predicted molar refractivity (Wildman–Crippen MR) is 188 cm³/mol. The van der Waals surface area contributed by atoms with E-state index in [1.165, 1.54) is 32.3 Å². The molecule has 0 aliphatic rings. The van der Waals surface area contributed by atoms with Gasteiger partial charge < -0.3 is 13.7 Å². The minimum Gasteiger partial charge on any atom is -0.456 e. The van der Waals surface area contributed by atoms with Crippen molar-refractivity contribution >= 4 is 93.3 Å². The molecule has 0 aliphatic heterocycles. The van der Waals surface area contributed by atoms with Crippen molar-refractivity contribution in [1.29, 1.82) is 0 Å². The number of nitrogens with zero attached hydrogens (tertiary/aromatic N) is 1. The molecule has 2 aromatic heterocycles. The Morgan fingerprint density at radius 3 is 1.73 bits per heavy atom. The number of rotatable bonds is 3. The first-order chi connectivity index (χ1) is 22.3. The molecular weight excluding hydrogens is 550 g/mol. The monoisotopic (exact) mass is 575 g/mol. The van der Waals surface area contributed by atoms with Gasteiger partial charge in [-0.3, -0.25) is 0 Å². The highest BCUT2D eigenvalue weighted by Crippen LogP contribution is 2.44. The fourth-order valence-corrected chi connectivity index (χ4v) is 7.17. The molecule has 0 atom stereocenters. The molecule has 0 unspecified atom stereocenters. The standard InChI is InChI=1S/C42H25NO2/c1-3-11-31-26(8-1)10-7-14-36(31)43(29-19-22-38-34(24-29)33-13-5-6-15-37(33)44-38)30-20-23-39-35(25-30)42-40(45-39)21-18-28-17-16-27-9-2-4-12-32(27)41(28)42/h1-25H. The van der Waals surface area contributed by atoms with Gasteiger partial charge in [-0.2, -0.15) is 0 Å². The lowest BCUT2D eigenvalue weighted by Crippen LogP contribution is -2.10. The molecule has 0 aliphatic carbocycles. The van der Waals surface area contributed by atoms with Crippen LogP contribution in [0.15, 0.2) is 160 Å². The van der Waals surface area contributed by atoms with Crippen LogP contribution in [0.5, 0.6) is 0 Å². The highest BCUT2D eigenvalue weighted by atomic mass is 16.3. The van der Waals surface area contributed by atoms with Crippen molar-refractivity contribution in [1.82, 2.24) is 0 Å². The molecule has 0 spiro atoms. The Hall–Kier alpha value is -6.06. The molecule has 0 radical (unpaired) electrons. The minimum absolute atomic E-state index is 0.878. The van der Waals surface area contributed by atoms with Crippen molar-refractivity contribution in [2.45, 2.75) is 0 Å². The van der Waals surface area contributed by atoms with E-state index in [0.29, 0.717) is 0 Å². The summed E-state index contributed by atoms with van der Waals surface area (Å²) in [5, 5.41) is 11.7. The number of para-hydroxylation sites is 1. The van der Waals surface area contributed by atoms with Crippen molar-refractivity contribution in [2.24, 2.45) is 0 Å². The Morgan fingerprint density at radius 2 is 0.889 bits per heavy atom. The van der Waals surface area contributed by atoms with Gasteiger partial charge in [0.25, 0.3) is 0 Å². The summed E-state index contributed by atoms with van der Waals surface area (Å²) in [6.07, 6.45) is 0. The highest BCUT2D eigenvalue weighted by Gasteiger charge is 2.20. The van der Waals surface area contributed by atoms with Gasteiger partial charge in [-0.05, 0) is 76.1 Å². The van der Waals surface area contributed by atoms with E-state index in [2.05, 4.69) is 144 Å². The maximum atomic E-state index is 6.49. The summed E-state index contributed by atoms with van der Waals surface area (Å²) in [5.41, 5.74) is 6.79. The van der Waals surface area contributed by atoms with E-state index >= 15 is 0 Å². The van der Waals surface area contributed by atoms with Gasteiger partial charge in [-0.15, -0.1) is 0 Å². The molecular formula is C42H25NO2. The summed E-state index contributed by atoms with van der Waals surface area (Å²) in [6.45, 7) is 0. The molecule has 0 amide bonds. The Labute approximate surface area is 258 Å². The summed E-state index contributed by atoms with van der Waals surface area (Å²) >= 11 is 0. The average molecular weight is 576 g/mol. The molecule has 0 saturated heterocycles. The lowest BCUT2D eigenvalue weighted by atomic mass is 9.97. The molecule has 210 valence electrons. The first kappa shape index (κ1) is 24.4. The van der Waals surface area contributed by atoms with Crippen LogP contribution in [-0.4, -0.2) is 0 Å². The Bertz CT molecular complexity index is 2780. The van der Waals surface area contributed by atoms with Crippen LogP contribution in [0.4, 0.5) is 17.1 Å². The molecule has 0 N–H and O–H groups in total. The summed E-state index contributed by atoms with van der Waals surface area (Å²) in [7, 11) is 0. The van der Waals surface area contributed by atoms with Crippen LogP contribution in [0.1, 0.15) is 0 Å². The van der Waals surface area contributed by atoms with Crippen molar-refractivity contribution in [2.75, 3.05) is 4.90 Å². The van der Waals surface area contributed by atoms with E-state index in [0.717, 1.165) is 60.9 Å². The first-order valence-corrected chi connectivity index (χ1v) is 15.3. The number of fused-ring (bicyclic) bond motifs is 11. The van der Waals surface area contributed by atoms with Crippen LogP contribution in [0.3, 0.4) is 0 Å². The molecule has 8 aromatic carbocycles. The minimum atomic E-state index is 0.878. The SMILES string of the molecule is c1ccc2c(N(c3ccc4oc5ccccc5c4c3)c3ccc4oc5ccc6ccc7ccccc7c6c5c4c3)cccc2c1. The van der Waals surface area contributed by atoms with Gasteiger partial charge in [-0.1, -0.05) is 97.1 Å². The van der Waals surface area contributed by atoms with Crippen molar-refractivity contribution in [3.05, 3.63) is 152 Å². The maximum Gasteiger partial charge on any atom is 0.136 e. The Morgan fingerprint density at radius 1 is 0.333 bits per heavy atom. The number of hydrogen-bond donors (Lipinski definition) is 0. The second-order valence-electron chi connectivity index (χ2n) is 11.7. The van der Waals surface area contributed by atoms with Crippen molar-refractivity contribution < 1.29 is 8.83 Å². The first-order valence-electron chi connectivity index (χ1n) is 15.3. The van der Waals surface area contributed by atoms with Gasteiger partial charge in [0.1, 0.15) is 22.3 Å². The summed E-state index contributed by atoms with van der Waals surface area (Å²) in [4.78, 5) is 2.37. The topological polar surface area (TPSA) is 29.5 Å². The van der Waals surface area contributed by atoms with Gasteiger partial charge in [-0.25, -0.2) is 0 Å². The molecule has 45 heavy (non-hydrogen) atoms. The molecule has 3 heteroatoms. The number of anilines is 3. The molecule has 10 aromatic rings. The second kappa shape index (κ2) is 9.22. The maximum absolute atomic E-state index is 6.49. The van der Waals surface area contributed by atoms with Gasteiger partial charge >= 0.3 is 0 Å². The number of hydrogen-bond acceptors (Lipinski definition) is 3. The van der Waals surface area contributed by atoms with E-state index in [4.69, 9.17) is 8.83 Å². The largest absolute Gasteiger partial charge is 0.456 e. The quantitative estimate of drug-likeness (QED) is 0.196. The molecule has 0 fully saturated rings. The highest BCUT2D eigenvalue weighted by molar-refractivity contribution is 6.27. The van der Waals surface area contributed by atoms with Crippen LogP contribution < -0.4 is 4.90 Å². The Kier molecular flexibility index (Phi) is 5.00. The third-order valence-corrected chi connectivity index (χ3v) is 9.21. The zero-order chi connectivity index (χ0) is 29.5. The average Bonchev–Trinajstić information content (AvgIpc) is 3.66. The van der Waals surface area contributed by atoms with Gasteiger partial charge in [0.2, 0.25) is 0 Å². The molecule has 10 rings (SSSR count). The van der Waals surface area contributed by atoms with Crippen LogP contribution >= 0.6 is 0 Å². The fourth-order valence-electron chi connectivity index (χ4n) is 7.17. The zero-order valence-corrected chi connectivity index (χ0v) is 24.2. The smallest absolute Gasteiger partial charge is 0.136 e. The van der Waals surface area contributed by atoms with Gasteiger partial charge in [0.15, 0.2) is 0 Å². The van der Waals surface area contributed by atoms with E-state index in [-0.39, 0.29) is 0 Å². The van der Waals surface area contributed by atoms with E-state index in [9.17, 15) is 0 Å². The molecule has 3 nitrogen and oxygen atoms in total. The number of benzene rings is 8. The van der Waals surface area contributed by atoms with Crippen LogP contribution in [-0.2, 0) is 0 Å². The van der Waals surface area contributed by atoms with E-state index in [1.807, 2.05) is 12.1 Å². The lowest BCUT2D eigenvalue weighted by Gasteiger charge is -2.27. The van der Waals surface area contributed by atoms with Crippen LogP contribution in [0, 0.1) is 0 Å². The summed E-state index contributed by atoms with van der Waals surface area (Å²) in [5.74, 6) is 0. The van der Waals surface area contributed by atoms with Crippen molar-refractivity contribution in [3.8, 4) is 0 Å². The van der Waals surface area contributed by atoms with E-state index < -0.39 is 0 Å². The zero-order valence-electron chi connectivity index (χ0n) is 24.2. The third kappa shape index (κ3) is 3.58. The van der Waals surface area contributed by atoms with Crippen LogP contribution in [0.25, 0.3) is 76.2 Å². The number of furan rings is 2. The fraction of sp³-hybridized carbons (Fsp3) is 0. The molecule has 0 bridgehead atoms. The second-order valence-corrected chi connectivity index (χ2v) is 11.7. The third-order valence-electron chi connectivity index (χ3n) is 9.21. The summed E-state index contributed by atoms with van der Waals surface area (Å²) < 4.78 is 12.7. The molecule has 0 saturated carbocycles.